The van der Waals surface area contributed by atoms with Gasteiger partial charge in [-0.1, -0.05) is 160 Å². The number of hydrogen-bond acceptors (Lipinski definition) is 4. The summed E-state index contributed by atoms with van der Waals surface area (Å²) in [7, 11) is 4.56. The zero-order valence-electron chi connectivity index (χ0n) is 35.6. The van der Waals surface area contributed by atoms with Gasteiger partial charge in [0.2, 0.25) is 0 Å². The average Bonchev–Trinajstić information content (AvgIpc) is 3.08. The molecular formula is C40H82Cl2O4P4Pd3-2. The van der Waals surface area contributed by atoms with E-state index in [4.69, 9.17) is 0 Å². The molecule has 0 N–H and O–H groups in total. The van der Waals surface area contributed by atoms with Gasteiger partial charge in [0.1, 0.15) is 0 Å². The minimum absolute atomic E-state index is 0. The van der Waals surface area contributed by atoms with Crippen LogP contribution in [0.5, 0.6) is 0 Å². The van der Waals surface area contributed by atoms with Crippen LogP contribution in [-0.2, 0) is 56.8 Å². The molecule has 0 amide bonds. The van der Waals surface area contributed by atoms with Gasteiger partial charge in [-0.2, -0.15) is 32.6 Å². The molecule has 13 heteroatoms. The third-order valence-corrected chi connectivity index (χ3v) is 20.3. The number of hydrogen-bond donors (Lipinski definition) is 0. The molecule has 0 radical (unpaired) electrons. The Kier molecular flexibility index (Phi) is 37.0. The minimum atomic E-state index is -0.990. The molecule has 0 spiro atoms. The van der Waals surface area contributed by atoms with Gasteiger partial charge in [-0.25, -0.2) is 0 Å². The summed E-state index contributed by atoms with van der Waals surface area (Å²) in [6.45, 7) is 25.2. The molecule has 0 aromatic heterocycles. The molecule has 0 aromatic carbocycles. The van der Waals surface area contributed by atoms with Crippen molar-refractivity contribution in [3.8, 4) is 0 Å². The fraction of sp³-hybridized carbons (Fsp3) is 1.00. The van der Waals surface area contributed by atoms with E-state index in [0.29, 0.717) is 22.6 Å². The molecule has 0 heterocycles. The van der Waals surface area contributed by atoms with Crippen molar-refractivity contribution in [2.24, 2.45) is 0 Å². The van der Waals surface area contributed by atoms with Crippen LogP contribution in [-0.4, -0.2) is 43.3 Å². The zero-order valence-corrected chi connectivity index (χ0v) is 45.5. The fourth-order valence-electron chi connectivity index (χ4n) is 7.45. The summed E-state index contributed by atoms with van der Waals surface area (Å²) in [5.41, 5.74) is 2.09. The maximum atomic E-state index is 12.0. The van der Waals surface area contributed by atoms with E-state index < -0.39 is 32.6 Å². The van der Waals surface area contributed by atoms with E-state index in [2.05, 4.69) is 102 Å². The Labute approximate surface area is 379 Å². The maximum Gasteiger partial charge on any atom is 0 e. The second-order valence-corrected chi connectivity index (χ2v) is 32.9. The molecule has 4 saturated carbocycles. The predicted molar refractivity (Wildman–Crippen MR) is 217 cm³/mol. The quantitative estimate of drug-likeness (QED) is 0.207. The molecule has 0 bridgehead atoms. The van der Waals surface area contributed by atoms with Crippen LogP contribution >= 0.6 is 32.6 Å². The Balaban J connectivity index is -0.000000605. The second-order valence-electron chi connectivity index (χ2n) is 19.2. The van der Waals surface area contributed by atoms with Crippen LogP contribution in [0.15, 0.2) is 0 Å². The summed E-state index contributed by atoms with van der Waals surface area (Å²) < 4.78 is 0. The van der Waals surface area contributed by atoms with Crippen LogP contribution in [0.3, 0.4) is 0 Å². The molecule has 332 valence electrons. The minimum Gasteiger partial charge on any atom is 0 e. The van der Waals surface area contributed by atoms with Crippen molar-refractivity contribution in [1.29, 1.82) is 0 Å². The summed E-state index contributed by atoms with van der Waals surface area (Å²) in [5, 5.41) is 0.101. The van der Waals surface area contributed by atoms with Crippen LogP contribution in [0.2, 0.25) is 0 Å². The van der Waals surface area contributed by atoms with Crippen molar-refractivity contribution in [1.82, 2.24) is 0 Å². The average molecular weight is 1140 g/mol. The summed E-state index contributed by atoms with van der Waals surface area (Å²) in [5.74, 6) is 0. The SMILES string of the molecule is CC(C)(C)P([O-])C1CCCCC1.CC(C)(C)P([O-])C1CCCCC1.CC(C)(C)P([O-])C1CCCCC1.CC(C)(C)P([O-])C1CCCCC1.[ClH+][Pd][ClH+].[Pd].[Pd]. The van der Waals surface area contributed by atoms with Gasteiger partial charge in [0, 0.05) is 40.8 Å². The van der Waals surface area contributed by atoms with E-state index in [1.165, 1.54) is 128 Å². The Hall–Kier alpha value is 4.13. The smallest absolute Gasteiger partial charge is 0 e. The first kappa shape index (κ1) is 61.4. The van der Waals surface area contributed by atoms with Gasteiger partial charge < -0.3 is 19.6 Å². The van der Waals surface area contributed by atoms with Gasteiger partial charge in [0.15, 0.2) is 0 Å². The first-order valence-corrected chi connectivity index (χ1v) is 29.8. The molecule has 0 aromatic rings. The van der Waals surface area contributed by atoms with Crippen molar-refractivity contribution in [3.63, 3.8) is 0 Å². The molecule has 4 nitrogen and oxygen atoms in total. The van der Waals surface area contributed by atoms with Crippen LogP contribution in [0.25, 0.3) is 0 Å². The molecule has 53 heavy (non-hydrogen) atoms. The van der Waals surface area contributed by atoms with Gasteiger partial charge in [-0.05, 0) is 94.6 Å². The molecule has 4 rings (SSSR count). The van der Waals surface area contributed by atoms with Gasteiger partial charge in [0.05, 0.1) is 0 Å². The van der Waals surface area contributed by atoms with Crippen LogP contribution in [0, 0.1) is 19.1 Å². The Morgan fingerprint density at radius 3 is 0.547 bits per heavy atom. The fourth-order valence-corrected chi connectivity index (χ4v) is 15.2. The van der Waals surface area contributed by atoms with E-state index in [0.717, 1.165) is 0 Å². The zero-order chi connectivity index (χ0) is 39.5. The van der Waals surface area contributed by atoms with Crippen molar-refractivity contribution >= 4 is 32.6 Å². The molecule has 4 atom stereocenters. The molecule has 4 fully saturated rings. The molecule has 4 aliphatic rings. The summed E-state index contributed by atoms with van der Waals surface area (Å²) in [4.78, 5) is 47.9. The van der Waals surface area contributed by atoms with Gasteiger partial charge >= 0.3 is 35.0 Å². The third-order valence-electron chi connectivity index (χ3n) is 10.3. The molecule has 0 saturated heterocycles. The summed E-state index contributed by atoms with van der Waals surface area (Å²) in [6, 6.07) is 0. The van der Waals surface area contributed by atoms with Gasteiger partial charge in [0.25, 0.3) is 0 Å². The Morgan fingerprint density at radius 1 is 0.340 bits per heavy atom. The Morgan fingerprint density at radius 2 is 0.453 bits per heavy atom. The van der Waals surface area contributed by atoms with E-state index in [1.54, 1.807) is 0 Å². The molecule has 4 aliphatic carbocycles. The third kappa shape index (κ3) is 28.4. The van der Waals surface area contributed by atoms with E-state index in [9.17, 15) is 19.6 Å². The van der Waals surface area contributed by atoms with E-state index >= 15 is 0 Å². The van der Waals surface area contributed by atoms with Crippen molar-refractivity contribution in [2.75, 3.05) is 0 Å². The normalized spacial score (nSPS) is 22.2. The monoisotopic (exact) mass is 1140 g/mol. The molecule has 0 aliphatic heterocycles. The standard InChI is InChI=1S/4C10H20OP.2ClH.3Pd/c4*1-10(2,3)12(11)9-7-5-4-6-8-9;;;;;/h4*9H,4-8H2,1-3H3;2*1H;;;/q4*-1;;;;;+2. The van der Waals surface area contributed by atoms with Crippen LogP contribution in [0.1, 0.15) is 212 Å². The van der Waals surface area contributed by atoms with Gasteiger partial charge in [-0.15, -0.1) is 0 Å². The van der Waals surface area contributed by atoms with Crippen LogP contribution < -0.4 is 19.6 Å². The van der Waals surface area contributed by atoms with Gasteiger partial charge in [-0.3, -0.25) is 0 Å². The second kappa shape index (κ2) is 31.9. The summed E-state index contributed by atoms with van der Waals surface area (Å²) in [6.07, 6.45) is 25.4. The largest absolute Gasteiger partial charge is 0 e. The topological polar surface area (TPSA) is 92.2 Å². The van der Waals surface area contributed by atoms with Crippen molar-refractivity contribution < 1.29 is 95.4 Å². The first-order chi connectivity index (χ1) is 23.5. The maximum absolute atomic E-state index is 12.0. The van der Waals surface area contributed by atoms with E-state index in [-0.39, 0.29) is 77.4 Å². The predicted octanol–water partition coefficient (Wildman–Crippen LogP) is 11.0. The van der Waals surface area contributed by atoms with Crippen molar-refractivity contribution in [3.05, 3.63) is 0 Å². The summed E-state index contributed by atoms with van der Waals surface area (Å²) >= 11 is 0.117. The first-order valence-electron chi connectivity index (χ1n) is 20.2. The van der Waals surface area contributed by atoms with E-state index in [1.807, 2.05) is 0 Å². The number of rotatable bonds is 4. The Bertz CT molecular complexity index is 713. The molecular weight excluding hydrogens is 1060 g/mol. The molecule has 4 unspecified atom stereocenters. The van der Waals surface area contributed by atoms with Crippen molar-refractivity contribution in [2.45, 2.75) is 255 Å². The number of halogens is 2. The van der Waals surface area contributed by atoms with Crippen LogP contribution in [0.4, 0.5) is 0 Å².